The third kappa shape index (κ3) is 6.18. The molecule has 0 aliphatic carbocycles. The second-order valence-electron chi connectivity index (χ2n) is 5.31. The molecule has 0 bridgehead atoms. The van der Waals surface area contributed by atoms with E-state index in [4.69, 9.17) is 4.74 Å². The lowest BCUT2D eigenvalue weighted by Gasteiger charge is -2.29. The molecule has 0 atom stereocenters. The smallest absolute Gasteiger partial charge is 0.441 e. The Balaban J connectivity index is 1.76. The molecular formula is C15H20F3NOS. The Bertz CT molecular complexity index is 428. The number of piperidine rings is 1. The molecule has 1 aliphatic heterocycles. The van der Waals surface area contributed by atoms with Gasteiger partial charge in [0.15, 0.2) is 0 Å². The number of likely N-dealkylation sites (tertiary alicyclic amines) is 1. The molecule has 1 aromatic rings. The van der Waals surface area contributed by atoms with E-state index in [1.54, 1.807) is 0 Å². The minimum Gasteiger partial charge on any atom is -0.490 e. The Hall–Kier alpha value is -0.880. The van der Waals surface area contributed by atoms with Gasteiger partial charge in [0.2, 0.25) is 0 Å². The van der Waals surface area contributed by atoms with Gasteiger partial charge in [-0.05, 0) is 44.0 Å². The zero-order chi connectivity index (χ0) is 15.3. The first kappa shape index (κ1) is 16.5. The first-order valence-corrected chi connectivity index (χ1v) is 8.06. The maximum atomic E-state index is 12.1. The lowest BCUT2D eigenvalue weighted by molar-refractivity contribution is -0.0327. The van der Waals surface area contributed by atoms with Crippen molar-refractivity contribution in [1.29, 1.82) is 0 Å². The molecule has 21 heavy (non-hydrogen) atoms. The second kappa shape index (κ2) is 7.40. The van der Waals surface area contributed by atoms with Gasteiger partial charge < -0.3 is 9.64 Å². The number of rotatable bonds is 5. The number of ether oxygens (including phenoxy) is 1. The summed E-state index contributed by atoms with van der Waals surface area (Å²) in [5, 5.41) is 0. The van der Waals surface area contributed by atoms with Gasteiger partial charge in [0.25, 0.3) is 0 Å². The number of aryl methyl sites for hydroxylation is 1. The van der Waals surface area contributed by atoms with Gasteiger partial charge in [-0.1, -0.05) is 23.9 Å². The summed E-state index contributed by atoms with van der Waals surface area (Å²) in [6, 6.07) is 7.40. The minimum absolute atomic E-state index is 0.0254. The molecule has 0 N–H and O–H groups in total. The molecule has 2 rings (SSSR count). The highest BCUT2D eigenvalue weighted by molar-refractivity contribution is 8.00. The molecule has 2 nitrogen and oxygen atoms in total. The van der Waals surface area contributed by atoms with Crippen molar-refractivity contribution in [2.75, 3.05) is 25.9 Å². The molecule has 0 saturated carbocycles. The first-order chi connectivity index (χ1) is 9.92. The highest BCUT2D eigenvalue weighted by Crippen LogP contribution is 2.30. The Morgan fingerprint density at radius 2 is 1.81 bits per heavy atom. The summed E-state index contributed by atoms with van der Waals surface area (Å²) < 4.78 is 42.1. The van der Waals surface area contributed by atoms with Crippen LogP contribution in [-0.4, -0.2) is 42.4 Å². The third-order valence-corrected chi connectivity index (χ3v) is 4.28. The van der Waals surface area contributed by atoms with Crippen LogP contribution in [0.25, 0.3) is 0 Å². The summed E-state index contributed by atoms with van der Waals surface area (Å²) in [5.41, 5.74) is -3.24. The molecule has 1 saturated heterocycles. The fraction of sp³-hybridized carbons (Fsp3) is 0.600. The maximum Gasteiger partial charge on any atom is 0.441 e. The van der Waals surface area contributed by atoms with Crippen LogP contribution in [0.3, 0.4) is 0 Å². The highest BCUT2D eigenvalue weighted by atomic mass is 32.2. The average molecular weight is 319 g/mol. The van der Waals surface area contributed by atoms with Crippen molar-refractivity contribution in [3.63, 3.8) is 0 Å². The van der Waals surface area contributed by atoms with Gasteiger partial charge in [0, 0.05) is 18.8 Å². The van der Waals surface area contributed by atoms with Crippen LogP contribution in [0.2, 0.25) is 0 Å². The predicted molar refractivity (Wildman–Crippen MR) is 79.8 cm³/mol. The molecule has 1 aromatic carbocycles. The lowest BCUT2D eigenvalue weighted by Crippen LogP contribution is -2.35. The number of hydrogen-bond acceptors (Lipinski definition) is 3. The quantitative estimate of drug-likeness (QED) is 0.815. The fourth-order valence-corrected chi connectivity index (χ4v) is 2.88. The summed E-state index contributed by atoms with van der Waals surface area (Å²) in [6.45, 7) is 2.08. The van der Waals surface area contributed by atoms with E-state index in [0.717, 1.165) is 37.2 Å². The van der Waals surface area contributed by atoms with Gasteiger partial charge >= 0.3 is 5.51 Å². The Morgan fingerprint density at radius 1 is 1.19 bits per heavy atom. The normalized spacial score (nSPS) is 17.9. The SMILES string of the molecule is CN1CCC(Oc2ccc(CCSC(F)(F)F)cc2)CC1. The molecule has 0 radical (unpaired) electrons. The van der Waals surface area contributed by atoms with E-state index < -0.39 is 5.51 Å². The molecule has 118 valence electrons. The van der Waals surface area contributed by atoms with Crippen LogP contribution in [0.1, 0.15) is 18.4 Å². The van der Waals surface area contributed by atoms with E-state index in [0.29, 0.717) is 6.42 Å². The number of alkyl halides is 3. The third-order valence-electron chi connectivity index (χ3n) is 3.55. The molecule has 0 unspecified atom stereocenters. The maximum absolute atomic E-state index is 12.1. The van der Waals surface area contributed by atoms with E-state index >= 15 is 0 Å². The van der Waals surface area contributed by atoms with Gasteiger partial charge in [-0.3, -0.25) is 0 Å². The monoisotopic (exact) mass is 319 g/mol. The fourth-order valence-electron chi connectivity index (χ4n) is 2.31. The Labute approximate surface area is 127 Å². The van der Waals surface area contributed by atoms with E-state index in [1.165, 1.54) is 0 Å². The van der Waals surface area contributed by atoms with Crippen molar-refractivity contribution in [1.82, 2.24) is 4.90 Å². The molecular weight excluding hydrogens is 299 g/mol. The van der Waals surface area contributed by atoms with E-state index in [9.17, 15) is 13.2 Å². The number of thioether (sulfide) groups is 1. The molecule has 1 fully saturated rings. The number of nitrogens with zero attached hydrogens (tertiary/aromatic N) is 1. The van der Waals surface area contributed by atoms with Crippen molar-refractivity contribution in [2.45, 2.75) is 30.9 Å². The van der Waals surface area contributed by atoms with E-state index in [2.05, 4.69) is 11.9 Å². The van der Waals surface area contributed by atoms with E-state index in [-0.39, 0.29) is 23.6 Å². The zero-order valence-corrected chi connectivity index (χ0v) is 12.8. The van der Waals surface area contributed by atoms with Crippen molar-refractivity contribution >= 4 is 11.8 Å². The van der Waals surface area contributed by atoms with Crippen LogP contribution in [0.5, 0.6) is 5.75 Å². The van der Waals surface area contributed by atoms with Gasteiger partial charge in [-0.25, -0.2) is 0 Å². The van der Waals surface area contributed by atoms with Gasteiger partial charge in [-0.2, -0.15) is 13.2 Å². The molecule has 6 heteroatoms. The van der Waals surface area contributed by atoms with Crippen molar-refractivity contribution in [3.8, 4) is 5.75 Å². The largest absolute Gasteiger partial charge is 0.490 e. The topological polar surface area (TPSA) is 12.5 Å². The predicted octanol–water partition coefficient (Wildman–Crippen LogP) is 3.96. The zero-order valence-electron chi connectivity index (χ0n) is 12.0. The van der Waals surface area contributed by atoms with E-state index in [1.807, 2.05) is 24.3 Å². The standard InChI is InChI=1S/C15H20F3NOS/c1-19-9-6-14(7-10-19)20-13-4-2-12(3-5-13)8-11-21-15(16,17)18/h2-5,14H,6-11H2,1H3. The Kier molecular flexibility index (Phi) is 5.81. The summed E-state index contributed by atoms with van der Waals surface area (Å²) in [7, 11) is 2.10. The molecule has 0 amide bonds. The van der Waals surface area contributed by atoms with Crippen LogP contribution in [0.4, 0.5) is 13.2 Å². The number of halogens is 3. The molecule has 0 spiro atoms. The van der Waals surface area contributed by atoms with Crippen molar-refractivity contribution in [2.24, 2.45) is 0 Å². The molecule has 1 heterocycles. The summed E-state index contributed by atoms with van der Waals surface area (Å²) >= 11 is 0.0254. The first-order valence-electron chi connectivity index (χ1n) is 7.07. The van der Waals surface area contributed by atoms with Crippen molar-refractivity contribution in [3.05, 3.63) is 29.8 Å². The highest BCUT2D eigenvalue weighted by Gasteiger charge is 2.27. The Morgan fingerprint density at radius 3 is 2.38 bits per heavy atom. The summed E-state index contributed by atoms with van der Waals surface area (Å²) in [4.78, 5) is 2.28. The van der Waals surface area contributed by atoms with Gasteiger partial charge in [0.05, 0.1) is 0 Å². The van der Waals surface area contributed by atoms with Crippen LogP contribution < -0.4 is 4.74 Å². The average Bonchev–Trinajstić information content (AvgIpc) is 2.42. The summed E-state index contributed by atoms with van der Waals surface area (Å²) in [6.07, 6.45) is 2.69. The summed E-state index contributed by atoms with van der Waals surface area (Å²) in [5.74, 6) is 0.857. The van der Waals surface area contributed by atoms with Crippen LogP contribution in [0, 0.1) is 0 Å². The second-order valence-corrected chi connectivity index (χ2v) is 6.47. The van der Waals surface area contributed by atoms with Gasteiger partial charge in [0.1, 0.15) is 11.9 Å². The number of hydrogen-bond donors (Lipinski definition) is 0. The van der Waals surface area contributed by atoms with Crippen LogP contribution in [-0.2, 0) is 6.42 Å². The van der Waals surface area contributed by atoms with Crippen molar-refractivity contribution < 1.29 is 17.9 Å². The minimum atomic E-state index is -4.14. The molecule has 1 aliphatic rings. The molecule has 0 aromatic heterocycles. The van der Waals surface area contributed by atoms with Gasteiger partial charge in [-0.15, -0.1) is 0 Å². The van der Waals surface area contributed by atoms with Crippen LogP contribution in [0.15, 0.2) is 24.3 Å². The number of benzene rings is 1. The lowest BCUT2D eigenvalue weighted by atomic mass is 10.1. The van der Waals surface area contributed by atoms with Crippen LogP contribution >= 0.6 is 11.8 Å².